The summed E-state index contributed by atoms with van der Waals surface area (Å²) in [6.45, 7) is 7.06. The minimum Gasteiger partial charge on any atom is -0.316 e. The van der Waals surface area contributed by atoms with Crippen molar-refractivity contribution in [1.29, 1.82) is 0 Å². The minimum absolute atomic E-state index is 0.736. The van der Waals surface area contributed by atoms with Crippen LogP contribution in [0, 0.1) is 17.8 Å². The first-order chi connectivity index (χ1) is 6.70. The fraction of sp³-hybridized carbons (Fsp3) is 1.00. The van der Waals surface area contributed by atoms with Crippen molar-refractivity contribution in [3.8, 4) is 0 Å². The van der Waals surface area contributed by atoms with E-state index >= 15 is 0 Å². The van der Waals surface area contributed by atoms with E-state index in [0.29, 0.717) is 0 Å². The standard InChI is InChI=1S/C13H27N/c1-5-11-8-6-7-9-12(11)13(14-4)10(2)3/h10-14H,5-9H2,1-4H3. The predicted molar refractivity (Wildman–Crippen MR) is 63.4 cm³/mol. The van der Waals surface area contributed by atoms with E-state index in [2.05, 4.69) is 33.1 Å². The molecule has 0 aromatic rings. The quantitative estimate of drug-likeness (QED) is 0.728. The SMILES string of the molecule is CCC1CCCCC1C(NC)C(C)C. The molecule has 0 aliphatic heterocycles. The highest BCUT2D eigenvalue weighted by atomic mass is 14.9. The van der Waals surface area contributed by atoms with Crippen molar-refractivity contribution < 1.29 is 0 Å². The Morgan fingerprint density at radius 2 is 1.86 bits per heavy atom. The Bertz CT molecular complexity index is 153. The molecular formula is C13H27N. The van der Waals surface area contributed by atoms with Gasteiger partial charge in [-0.3, -0.25) is 0 Å². The Hall–Kier alpha value is -0.0400. The molecule has 1 aliphatic rings. The normalized spacial score (nSPS) is 30.6. The van der Waals surface area contributed by atoms with Crippen LogP contribution >= 0.6 is 0 Å². The summed E-state index contributed by atoms with van der Waals surface area (Å²) in [6.07, 6.45) is 7.19. The maximum atomic E-state index is 3.54. The molecule has 0 bridgehead atoms. The molecule has 1 saturated carbocycles. The third-order valence-corrected chi connectivity index (χ3v) is 4.01. The summed E-state index contributed by atoms with van der Waals surface area (Å²) in [6, 6.07) is 0.736. The number of hydrogen-bond donors (Lipinski definition) is 1. The smallest absolute Gasteiger partial charge is 0.0118 e. The zero-order valence-electron chi connectivity index (χ0n) is 10.3. The first-order valence-corrected chi connectivity index (χ1v) is 6.38. The lowest BCUT2D eigenvalue weighted by Gasteiger charge is -2.38. The maximum absolute atomic E-state index is 3.54. The van der Waals surface area contributed by atoms with Crippen LogP contribution in [0.4, 0.5) is 0 Å². The third-order valence-electron chi connectivity index (χ3n) is 4.01. The highest BCUT2D eigenvalue weighted by Gasteiger charge is 2.31. The molecule has 0 radical (unpaired) electrons. The zero-order valence-corrected chi connectivity index (χ0v) is 10.3. The van der Waals surface area contributed by atoms with E-state index < -0.39 is 0 Å². The lowest BCUT2D eigenvalue weighted by atomic mass is 9.71. The molecule has 1 N–H and O–H groups in total. The molecule has 0 aromatic carbocycles. The average molecular weight is 197 g/mol. The fourth-order valence-electron chi connectivity index (χ4n) is 3.26. The Kier molecular flexibility index (Phi) is 4.94. The average Bonchev–Trinajstić information content (AvgIpc) is 2.19. The molecule has 0 spiro atoms. The molecule has 1 fully saturated rings. The van der Waals surface area contributed by atoms with E-state index in [4.69, 9.17) is 0 Å². The van der Waals surface area contributed by atoms with Gasteiger partial charge in [-0.25, -0.2) is 0 Å². The molecule has 14 heavy (non-hydrogen) atoms. The predicted octanol–water partition coefficient (Wildman–Crippen LogP) is 3.45. The van der Waals surface area contributed by atoms with Crippen LogP contribution in [0.25, 0.3) is 0 Å². The van der Waals surface area contributed by atoms with Crippen molar-refractivity contribution >= 4 is 0 Å². The topological polar surface area (TPSA) is 12.0 Å². The largest absolute Gasteiger partial charge is 0.316 e. The fourth-order valence-corrected chi connectivity index (χ4v) is 3.26. The Morgan fingerprint density at radius 3 is 2.36 bits per heavy atom. The van der Waals surface area contributed by atoms with Gasteiger partial charge in [-0.05, 0) is 31.2 Å². The number of hydrogen-bond acceptors (Lipinski definition) is 1. The summed E-state index contributed by atoms with van der Waals surface area (Å²) < 4.78 is 0. The van der Waals surface area contributed by atoms with Crippen molar-refractivity contribution in [1.82, 2.24) is 5.32 Å². The van der Waals surface area contributed by atoms with Gasteiger partial charge in [0.05, 0.1) is 0 Å². The van der Waals surface area contributed by atoms with Crippen LogP contribution in [-0.4, -0.2) is 13.1 Å². The van der Waals surface area contributed by atoms with E-state index in [-0.39, 0.29) is 0 Å². The Labute approximate surface area is 89.7 Å². The summed E-state index contributed by atoms with van der Waals surface area (Å²) in [4.78, 5) is 0. The van der Waals surface area contributed by atoms with E-state index in [1.165, 1.54) is 32.1 Å². The van der Waals surface area contributed by atoms with Gasteiger partial charge in [0, 0.05) is 6.04 Å². The molecule has 3 unspecified atom stereocenters. The van der Waals surface area contributed by atoms with Crippen LogP contribution in [0.2, 0.25) is 0 Å². The van der Waals surface area contributed by atoms with Gasteiger partial charge in [0.15, 0.2) is 0 Å². The molecule has 0 heterocycles. The molecule has 1 rings (SSSR count). The van der Waals surface area contributed by atoms with E-state index in [1.54, 1.807) is 0 Å². The molecule has 0 aromatic heterocycles. The van der Waals surface area contributed by atoms with Crippen LogP contribution in [0.3, 0.4) is 0 Å². The maximum Gasteiger partial charge on any atom is 0.0118 e. The van der Waals surface area contributed by atoms with Gasteiger partial charge < -0.3 is 5.32 Å². The lowest BCUT2D eigenvalue weighted by Crippen LogP contribution is -2.42. The summed E-state index contributed by atoms with van der Waals surface area (Å²) in [5.74, 6) is 2.68. The summed E-state index contributed by atoms with van der Waals surface area (Å²) in [7, 11) is 2.13. The third kappa shape index (κ3) is 2.73. The van der Waals surface area contributed by atoms with Gasteiger partial charge in [-0.15, -0.1) is 0 Å². The molecule has 1 heteroatoms. The highest BCUT2D eigenvalue weighted by Crippen LogP contribution is 2.36. The minimum atomic E-state index is 0.736. The van der Waals surface area contributed by atoms with E-state index in [1.807, 2.05) is 0 Å². The van der Waals surface area contributed by atoms with Crippen molar-refractivity contribution in [2.75, 3.05) is 7.05 Å². The van der Waals surface area contributed by atoms with Crippen molar-refractivity contribution in [2.24, 2.45) is 17.8 Å². The summed E-state index contributed by atoms with van der Waals surface area (Å²) >= 11 is 0. The van der Waals surface area contributed by atoms with E-state index in [0.717, 1.165) is 23.8 Å². The van der Waals surface area contributed by atoms with Crippen LogP contribution in [0.1, 0.15) is 52.9 Å². The zero-order chi connectivity index (χ0) is 10.6. The van der Waals surface area contributed by atoms with Crippen LogP contribution in [0.5, 0.6) is 0 Å². The summed E-state index contributed by atoms with van der Waals surface area (Å²) in [5, 5.41) is 3.54. The van der Waals surface area contributed by atoms with Gasteiger partial charge >= 0.3 is 0 Å². The number of rotatable bonds is 4. The van der Waals surface area contributed by atoms with Gasteiger partial charge in [0.2, 0.25) is 0 Å². The molecule has 0 saturated heterocycles. The van der Waals surface area contributed by atoms with Gasteiger partial charge in [-0.1, -0.05) is 46.5 Å². The van der Waals surface area contributed by atoms with Gasteiger partial charge in [-0.2, -0.15) is 0 Å². The summed E-state index contributed by atoms with van der Waals surface area (Å²) in [5.41, 5.74) is 0. The molecule has 84 valence electrons. The Morgan fingerprint density at radius 1 is 1.21 bits per heavy atom. The van der Waals surface area contributed by atoms with Gasteiger partial charge in [0.25, 0.3) is 0 Å². The number of nitrogens with one attached hydrogen (secondary N) is 1. The second kappa shape index (κ2) is 5.75. The molecule has 3 atom stereocenters. The molecular weight excluding hydrogens is 170 g/mol. The second-order valence-corrected chi connectivity index (χ2v) is 5.18. The Balaban J connectivity index is 2.60. The first kappa shape index (κ1) is 12.0. The second-order valence-electron chi connectivity index (χ2n) is 5.18. The monoisotopic (exact) mass is 197 g/mol. The highest BCUT2D eigenvalue weighted by molar-refractivity contribution is 4.85. The first-order valence-electron chi connectivity index (χ1n) is 6.38. The lowest BCUT2D eigenvalue weighted by molar-refractivity contribution is 0.153. The van der Waals surface area contributed by atoms with Crippen molar-refractivity contribution in [3.63, 3.8) is 0 Å². The van der Waals surface area contributed by atoms with Crippen molar-refractivity contribution in [3.05, 3.63) is 0 Å². The van der Waals surface area contributed by atoms with Crippen LogP contribution < -0.4 is 5.32 Å². The van der Waals surface area contributed by atoms with Crippen LogP contribution in [0.15, 0.2) is 0 Å². The van der Waals surface area contributed by atoms with E-state index in [9.17, 15) is 0 Å². The van der Waals surface area contributed by atoms with Gasteiger partial charge in [0.1, 0.15) is 0 Å². The molecule has 1 aliphatic carbocycles. The molecule has 1 nitrogen and oxygen atoms in total. The van der Waals surface area contributed by atoms with Crippen LogP contribution in [-0.2, 0) is 0 Å². The van der Waals surface area contributed by atoms with Crippen molar-refractivity contribution in [2.45, 2.75) is 58.9 Å². The molecule has 0 amide bonds.